The largest absolute Gasteiger partial charge is 0.390 e. The van der Waals surface area contributed by atoms with Crippen LogP contribution in [0.1, 0.15) is 37.7 Å². The Bertz CT molecular complexity index is 741. The number of rotatable bonds is 4. The molecular weight excluding hydrogens is 360 g/mol. The van der Waals surface area contributed by atoms with E-state index in [4.69, 9.17) is 11.6 Å². The number of hydrogen-bond acceptors (Lipinski definition) is 4. The first kappa shape index (κ1) is 18.9. The van der Waals surface area contributed by atoms with Gasteiger partial charge in [0.15, 0.2) is 0 Å². The van der Waals surface area contributed by atoms with Crippen LogP contribution in [-0.2, 0) is 6.54 Å². The number of aromatic nitrogens is 2. The maximum absolute atomic E-state index is 10.8. The molecule has 4 rings (SSSR count). The monoisotopic (exact) mass is 388 g/mol. The fraction of sp³-hybridized carbons (Fsp3) is 0.571. The molecule has 2 saturated heterocycles. The maximum Gasteiger partial charge on any atom is 0.0831 e. The molecule has 3 heterocycles. The maximum atomic E-state index is 10.8. The molecule has 0 amide bonds. The fourth-order valence-corrected chi connectivity index (χ4v) is 4.67. The molecule has 1 N–H and O–H groups in total. The molecule has 27 heavy (non-hydrogen) atoms. The van der Waals surface area contributed by atoms with Crippen LogP contribution >= 0.6 is 11.6 Å². The summed E-state index contributed by atoms with van der Waals surface area (Å²) < 4.78 is 1.83. The molecule has 1 aromatic carbocycles. The van der Waals surface area contributed by atoms with Gasteiger partial charge >= 0.3 is 0 Å². The summed E-state index contributed by atoms with van der Waals surface area (Å²) in [6.45, 7) is 4.86. The first-order valence-electron chi connectivity index (χ1n) is 10.1. The number of aliphatic hydroxyl groups excluding tert-OH is 1. The lowest BCUT2D eigenvalue weighted by atomic mass is 9.99. The molecule has 146 valence electrons. The van der Waals surface area contributed by atoms with Crippen molar-refractivity contribution in [3.05, 3.63) is 47.2 Å². The lowest BCUT2D eigenvalue weighted by Gasteiger charge is -2.41. The van der Waals surface area contributed by atoms with Crippen LogP contribution in [0.3, 0.4) is 0 Å². The van der Waals surface area contributed by atoms with Crippen molar-refractivity contribution in [3.8, 4) is 5.69 Å². The normalized spacial score (nSPS) is 25.4. The van der Waals surface area contributed by atoms with E-state index in [9.17, 15) is 5.11 Å². The second-order valence-electron chi connectivity index (χ2n) is 7.85. The zero-order chi connectivity index (χ0) is 18.6. The predicted octanol–water partition coefficient (Wildman–Crippen LogP) is 3.34. The molecule has 5 nitrogen and oxygen atoms in total. The molecule has 0 unspecified atom stereocenters. The van der Waals surface area contributed by atoms with Crippen LogP contribution in [0, 0.1) is 0 Å². The van der Waals surface area contributed by atoms with Crippen LogP contribution in [0.5, 0.6) is 0 Å². The number of para-hydroxylation sites is 1. The number of hydrogen-bond donors (Lipinski definition) is 1. The van der Waals surface area contributed by atoms with Gasteiger partial charge in [-0.15, -0.1) is 0 Å². The lowest BCUT2D eigenvalue weighted by Crippen LogP contribution is -2.54. The van der Waals surface area contributed by atoms with Crippen LogP contribution in [0.25, 0.3) is 5.69 Å². The fourth-order valence-electron chi connectivity index (χ4n) is 4.45. The van der Waals surface area contributed by atoms with E-state index < -0.39 is 0 Å². The van der Waals surface area contributed by atoms with E-state index in [2.05, 4.69) is 14.9 Å². The highest BCUT2D eigenvalue weighted by atomic mass is 35.5. The molecule has 0 spiro atoms. The first-order chi connectivity index (χ1) is 13.2. The van der Waals surface area contributed by atoms with Gasteiger partial charge in [0.1, 0.15) is 0 Å². The van der Waals surface area contributed by atoms with Gasteiger partial charge in [-0.05, 0) is 44.5 Å². The average molecular weight is 389 g/mol. The Morgan fingerprint density at radius 1 is 1.07 bits per heavy atom. The number of nitrogens with zero attached hydrogens (tertiary/aromatic N) is 4. The molecule has 0 saturated carbocycles. The molecule has 2 aliphatic rings. The Morgan fingerprint density at radius 2 is 1.85 bits per heavy atom. The summed E-state index contributed by atoms with van der Waals surface area (Å²) in [7, 11) is 0. The minimum atomic E-state index is -0.268. The van der Waals surface area contributed by atoms with E-state index in [1.807, 2.05) is 41.3 Å². The summed E-state index contributed by atoms with van der Waals surface area (Å²) in [5, 5.41) is 15.9. The van der Waals surface area contributed by atoms with Crippen molar-refractivity contribution >= 4 is 11.6 Å². The molecule has 2 atom stereocenters. The van der Waals surface area contributed by atoms with Gasteiger partial charge in [-0.25, -0.2) is 4.68 Å². The van der Waals surface area contributed by atoms with Crippen molar-refractivity contribution in [3.63, 3.8) is 0 Å². The van der Waals surface area contributed by atoms with E-state index in [1.165, 1.54) is 25.7 Å². The van der Waals surface area contributed by atoms with Crippen molar-refractivity contribution in [2.45, 2.75) is 50.8 Å². The Labute approximate surface area is 166 Å². The van der Waals surface area contributed by atoms with Gasteiger partial charge in [-0.2, -0.15) is 5.10 Å². The Hall–Kier alpha value is -1.40. The molecule has 6 heteroatoms. The van der Waals surface area contributed by atoms with E-state index in [-0.39, 0.29) is 6.10 Å². The van der Waals surface area contributed by atoms with Crippen LogP contribution in [0.2, 0.25) is 5.02 Å². The van der Waals surface area contributed by atoms with Crippen molar-refractivity contribution in [2.24, 2.45) is 0 Å². The minimum absolute atomic E-state index is 0.268. The highest BCUT2D eigenvalue weighted by Gasteiger charge is 2.32. The molecule has 1 aromatic heterocycles. The van der Waals surface area contributed by atoms with E-state index in [0.717, 1.165) is 50.4 Å². The average Bonchev–Trinajstić information content (AvgIpc) is 2.95. The zero-order valence-corrected chi connectivity index (χ0v) is 16.6. The molecule has 2 fully saturated rings. The predicted molar refractivity (Wildman–Crippen MR) is 108 cm³/mol. The van der Waals surface area contributed by atoms with Crippen molar-refractivity contribution in [1.82, 2.24) is 19.6 Å². The zero-order valence-electron chi connectivity index (χ0n) is 15.8. The van der Waals surface area contributed by atoms with E-state index in [0.29, 0.717) is 11.1 Å². The topological polar surface area (TPSA) is 44.5 Å². The number of aliphatic hydroxyl groups is 1. The summed E-state index contributed by atoms with van der Waals surface area (Å²) in [6, 6.07) is 8.06. The molecule has 0 radical (unpaired) electrons. The van der Waals surface area contributed by atoms with Crippen LogP contribution in [-0.4, -0.2) is 63.0 Å². The van der Waals surface area contributed by atoms with E-state index >= 15 is 0 Å². The molecule has 2 aliphatic heterocycles. The number of β-amino-alcohol motifs (C(OH)–C–C–N with tert-alkyl or cyclic N) is 1. The van der Waals surface area contributed by atoms with Gasteiger partial charge < -0.3 is 5.11 Å². The molecule has 2 aromatic rings. The number of benzene rings is 1. The highest BCUT2D eigenvalue weighted by molar-refractivity contribution is 6.32. The Kier molecular flexibility index (Phi) is 6.13. The third-order valence-electron chi connectivity index (χ3n) is 5.88. The van der Waals surface area contributed by atoms with Crippen molar-refractivity contribution in [2.75, 3.05) is 26.2 Å². The number of likely N-dealkylation sites (tertiary alicyclic amines) is 2. The molecule has 0 bridgehead atoms. The van der Waals surface area contributed by atoms with Crippen molar-refractivity contribution < 1.29 is 5.11 Å². The summed E-state index contributed by atoms with van der Waals surface area (Å²) in [5.41, 5.74) is 2.04. The number of halogens is 1. The first-order valence-corrected chi connectivity index (χ1v) is 10.5. The van der Waals surface area contributed by atoms with Gasteiger partial charge in [-0.1, -0.05) is 36.6 Å². The summed E-state index contributed by atoms with van der Waals surface area (Å²) in [5.74, 6) is 0. The smallest absolute Gasteiger partial charge is 0.0831 e. The lowest BCUT2D eigenvalue weighted by molar-refractivity contribution is -0.0144. The van der Waals surface area contributed by atoms with E-state index in [1.54, 1.807) is 0 Å². The third-order valence-corrected chi connectivity index (χ3v) is 6.20. The Morgan fingerprint density at radius 3 is 2.59 bits per heavy atom. The van der Waals surface area contributed by atoms with Gasteiger partial charge in [0.25, 0.3) is 0 Å². The standard InChI is InChI=1S/C21H29ClN4O/c22-18-7-3-4-8-19(18)26-15-17(13-23-26)14-24-12-9-20(21(27)16-24)25-10-5-1-2-6-11-25/h3-4,7-8,13,15,20-21,27H,1-2,5-6,9-12,14,16H2/t20-,21-/m1/s1. The third kappa shape index (κ3) is 4.54. The Balaban J connectivity index is 1.35. The number of piperidine rings is 1. The minimum Gasteiger partial charge on any atom is -0.390 e. The second kappa shape index (κ2) is 8.74. The van der Waals surface area contributed by atoms with Gasteiger partial charge in [0.2, 0.25) is 0 Å². The van der Waals surface area contributed by atoms with Crippen LogP contribution < -0.4 is 0 Å². The van der Waals surface area contributed by atoms with Gasteiger partial charge in [0.05, 0.1) is 23.0 Å². The molecule has 0 aliphatic carbocycles. The SMILES string of the molecule is O[C@@H]1CN(Cc2cnn(-c3ccccc3Cl)c2)CC[C@H]1N1CCCCCC1. The molecular formula is C21H29ClN4O. The van der Waals surface area contributed by atoms with Gasteiger partial charge in [0, 0.05) is 37.4 Å². The van der Waals surface area contributed by atoms with Crippen LogP contribution in [0.4, 0.5) is 0 Å². The quantitative estimate of drug-likeness (QED) is 0.872. The highest BCUT2D eigenvalue weighted by Crippen LogP contribution is 2.23. The second-order valence-corrected chi connectivity index (χ2v) is 8.26. The summed E-state index contributed by atoms with van der Waals surface area (Å²) >= 11 is 6.27. The van der Waals surface area contributed by atoms with Gasteiger partial charge in [-0.3, -0.25) is 9.80 Å². The van der Waals surface area contributed by atoms with Crippen LogP contribution in [0.15, 0.2) is 36.7 Å². The van der Waals surface area contributed by atoms with Crippen molar-refractivity contribution in [1.29, 1.82) is 0 Å². The summed E-state index contributed by atoms with van der Waals surface area (Å²) in [6.07, 6.45) is 9.92. The summed E-state index contributed by atoms with van der Waals surface area (Å²) in [4.78, 5) is 4.87.